The van der Waals surface area contributed by atoms with Gasteiger partial charge in [0.25, 0.3) is 0 Å². The van der Waals surface area contributed by atoms with Crippen molar-refractivity contribution in [1.29, 1.82) is 0 Å². The van der Waals surface area contributed by atoms with Crippen LogP contribution in [-0.4, -0.2) is 25.3 Å². The number of esters is 1. The SMILES string of the molecule is COc1ccc(-c2coc3c4c(cc(O)c3c2=O)OC(=O)CC4c2ccccc2)cc1OC. The van der Waals surface area contributed by atoms with Gasteiger partial charge >= 0.3 is 5.97 Å². The van der Waals surface area contributed by atoms with Crippen molar-refractivity contribution in [1.82, 2.24) is 0 Å². The lowest BCUT2D eigenvalue weighted by molar-refractivity contribution is -0.135. The molecule has 33 heavy (non-hydrogen) atoms. The molecule has 0 bridgehead atoms. The number of carbonyl (C=O) groups excluding carboxylic acids is 1. The van der Waals surface area contributed by atoms with Crippen molar-refractivity contribution in [2.45, 2.75) is 12.3 Å². The molecule has 0 saturated carbocycles. The molecule has 7 nitrogen and oxygen atoms in total. The van der Waals surface area contributed by atoms with Gasteiger partial charge in [-0.1, -0.05) is 36.4 Å². The molecule has 2 heterocycles. The average Bonchev–Trinajstić information content (AvgIpc) is 2.83. The van der Waals surface area contributed by atoms with Gasteiger partial charge in [-0.05, 0) is 23.3 Å². The molecule has 1 unspecified atom stereocenters. The minimum absolute atomic E-state index is 0.0277. The topological polar surface area (TPSA) is 95.2 Å². The molecule has 1 aliphatic rings. The van der Waals surface area contributed by atoms with Gasteiger partial charge in [-0.2, -0.15) is 0 Å². The van der Waals surface area contributed by atoms with E-state index < -0.39 is 11.4 Å². The number of hydrogen-bond donors (Lipinski definition) is 1. The molecule has 0 fully saturated rings. The Bertz CT molecular complexity index is 1440. The molecule has 0 aliphatic carbocycles. The number of ether oxygens (including phenoxy) is 3. The number of fused-ring (bicyclic) bond motifs is 3. The van der Waals surface area contributed by atoms with Gasteiger partial charge in [-0.3, -0.25) is 9.59 Å². The summed E-state index contributed by atoms with van der Waals surface area (Å²) in [6.45, 7) is 0. The summed E-state index contributed by atoms with van der Waals surface area (Å²) in [5, 5.41) is 10.7. The zero-order valence-electron chi connectivity index (χ0n) is 18.0. The van der Waals surface area contributed by atoms with E-state index in [9.17, 15) is 14.7 Å². The third-order valence-electron chi connectivity index (χ3n) is 5.87. The van der Waals surface area contributed by atoms with Crippen LogP contribution in [0.1, 0.15) is 23.5 Å². The predicted octanol–water partition coefficient (Wildman–Crippen LogP) is 4.62. The van der Waals surface area contributed by atoms with E-state index >= 15 is 0 Å². The van der Waals surface area contributed by atoms with Crippen LogP contribution in [0, 0.1) is 0 Å². The second kappa shape index (κ2) is 8.02. The van der Waals surface area contributed by atoms with E-state index in [4.69, 9.17) is 18.6 Å². The van der Waals surface area contributed by atoms with Crippen LogP contribution >= 0.6 is 0 Å². The van der Waals surface area contributed by atoms with E-state index in [1.807, 2.05) is 30.3 Å². The first-order chi connectivity index (χ1) is 16.0. The van der Waals surface area contributed by atoms with Crippen LogP contribution in [0.25, 0.3) is 22.1 Å². The van der Waals surface area contributed by atoms with Crippen LogP contribution in [0.3, 0.4) is 0 Å². The highest BCUT2D eigenvalue weighted by atomic mass is 16.5. The summed E-state index contributed by atoms with van der Waals surface area (Å²) < 4.78 is 21.9. The minimum atomic E-state index is -0.417. The standard InChI is InChI=1S/C26H20O7/c1-30-19-9-8-15(10-20(19)31-2)17-13-32-26-23-16(14-6-4-3-5-7-14)11-22(28)33-21(23)12-18(27)24(26)25(17)29/h3-10,12-13,16,27H,11H2,1-2H3. The number of phenols is 1. The van der Waals surface area contributed by atoms with Crippen molar-refractivity contribution < 1.29 is 28.5 Å². The van der Waals surface area contributed by atoms with Crippen LogP contribution in [0.2, 0.25) is 0 Å². The van der Waals surface area contributed by atoms with Crippen LogP contribution in [-0.2, 0) is 4.79 Å². The Balaban J connectivity index is 1.75. The number of aromatic hydroxyl groups is 1. The van der Waals surface area contributed by atoms with Crippen molar-refractivity contribution in [3.63, 3.8) is 0 Å². The van der Waals surface area contributed by atoms with Crippen LogP contribution in [0.15, 0.2) is 70.1 Å². The smallest absolute Gasteiger partial charge is 0.312 e. The second-order valence-corrected chi connectivity index (χ2v) is 7.70. The van der Waals surface area contributed by atoms with E-state index in [1.54, 1.807) is 18.2 Å². The number of hydrogen-bond acceptors (Lipinski definition) is 7. The van der Waals surface area contributed by atoms with Crippen LogP contribution in [0.4, 0.5) is 0 Å². The van der Waals surface area contributed by atoms with Crippen molar-refractivity contribution in [3.8, 4) is 34.1 Å². The molecule has 4 aromatic rings. The van der Waals surface area contributed by atoms with E-state index in [-0.39, 0.29) is 40.4 Å². The molecule has 1 aliphatic heterocycles. The van der Waals surface area contributed by atoms with Crippen LogP contribution < -0.4 is 19.6 Å². The summed E-state index contributed by atoms with van der Waals surface area (Å²) in [5.41, 5.74) is 2.03. The molecule has 5 rings (SSSR count). The zero-order chi connectivity index (χ0) is 23.1. The molecule has 1 atom stereocenters. The Kier molecular flexibility index (Phi) is 5.01. The number of rotatable bonds is 4. The Morgan fingerprint density at radius 2 is 1.73 bits per heavy atom. The van der Waals surface area contributed by atoms with Gasteiger partial charge in [0, 0.05) is 17.5 Å². The fourth-order valence-corrected chi connectivity index (χ4v) is 4.31. The fourth-order valence-electron chi connectivity index (χ4n) is 4.31. The van der Waals surface area contributed by atoms with Gasteiger partial charge in [0.05, 0.1) is 26.2 Å². The quantitative estimate of drug-likeness (QED) is 0.362. The lowest BCUT2D eigenvalue weighted by Gasteiger charge is -2.26. The van der Waals surface area contributed by atoms with Gasteiger partial charge in [0.15, 0.2) is 11.5 Å². The molecular formula is C26H20O7. The Morgan fingerprint density at radius 3 is 2.45 bits per heavy atom. The molecule has 0 saturated heterocycles. The predicted molar refractivity (Wildman–Crippen MR) is 121 cm³/mol. The molecular weight excluding hydrogens is 424 g/mol. The first-order valence-electron chi connectivity index (χ1n) is 10.3. The van der Waals surface area contributed by atoms with Gasteiger partial charge < -0.3 is 23.7 Å². The average molecular weight is 444 g/mol. The van der Waals surface area contributed by atoms with Gasteiger partial charge in [-0.25, -0.2) is 0 Å². The molecule has 7 heteroatoms. The van der Waals surface area contributed by atoms with E-state index in [0.29, 0.717) is 22.6 Å². The summed E-state index contributed by atoms with van der Waals surface area (Å²) in [5.74, 6) is 0.0598. The Hall–Kier alpha value is -4.26. The lowest BCUT2D eigenvalue weighted by atomic mass is 9.85. The molecule has 0 amide bonds. The maximum atomic E-state index is 13.5. The van der Waals surface area contributed by atoms with E-state index in [2.05, 4.69) is 0 Å². The highest BCUT2D eigenvalue weighted by Gasteiger charge is 2.33. The van der Waals surface area contributed by atoms with Gasteiger partial charge in [0.1, 0.15) is 28.7 Å². The van der Waals surface area contributed by atoms with Crippen molar-refractivity contribution in [2.75, 3.05) is 14.2 Å². The summed E-state index contributed by atoms with van der Waals surface area (Å²) in [4.78, 5) is 25.8. The van der Waals surface area contributed by atoms with Gasteiger partial charge in [0.2, 0.25) is 5.43 Å². The Labute approximate surface area is 188 Å². The van der Waals surface area contributed by atoms with Gasteiger partial charge in [-0.15, -0.1) is 0 Å². The normalized spacial score (nSPS) is 15.1. The van der Waals surface area contributed by atoms with Crippen molar-refractivity contribution >= 4 is 16.9 Å². The molecule has 3 aromatic carbocycles. The summed E-state index contributed by atoms with van der Waals surface area (Å²) in [7, 11) is 3.03. The third-order valence-corrected chi connectivity index (χ3v) is 5.87. The zero-order valence-corrected chi connectivity index (χ0v) is 18.0. The maximum Gasteiger partial charge on any atom is 0.312 e. The van der Waals surface area contributed by atoms with E-state index in [1.165, 1.54) is 26.5 Å². The largest absolute Gasteiger partial charge is 0.507 e. The number of methoxy groups -OCH3 is 2. The number of phenolic OH excluding ortho intramolecular Hbond substituents is 1. The Morgan fingerprint density at radius 1 is 0.970 bits per heavy atom. The molecule has 0 radical (unpaired) electrons. The number of carbonyl (C=O) groups is 1. The third kappa shape index (κ3) is 3.38. The minimum Gasteiger partial charge on any atom is -0.507 e. The molecule has 1 aromatic heterocycles. The summed E-state index contributed by atoms with van der Waals surface area (Å²) in [6.07, 6.45) is 1.45. The maximum absolute atomic E-state index is 13.5. The molecule has 166 valence electrons. The molecule has 1 N–H and O–H groups in total. The molecule has 0 spiro atoms. The highest BCUT2D eigenvalue weighted by Crippen LogP contribution is 2.45. The van der Waals surface area contributed by atoms with Crippen LogP contribution in [0.5, 0.6) is 23.0 Å². The monoisotopic (exact) mass is 444 g/mol. The first kappa shape index (κ1) is 20.6. The highest BCUT2D eigenvalue weighted by molar-refractivity contribution is 5.94. The van der Waals surface area contributed by atoms with Crippen molar-refractivity contribution in [3.05, 3.63) is 82.2 Å². The van der Waals surface area contributed by atoms with Crippen molar-refractivity contribution in [2.24, 2.45) is 0 Å². The second-order valence-electron chi connectivity index (χ2n) is 7.70. The summed E-state index contributed by atoms with van der Waals surface area (Å²) >= 11 is 0. The lowest BCUT2D eigenvalue weighted by Crippen LogP contribution is -2.22. The fraction of sp³-hybridized carbons (Fsp3) is 0.154. The summed E-state index contributed by atoms with van der Waals surface area (Å²) in [6, 6.07) is 15.8. The van der Waals surface area contributed by atoms with E-state index in [0.717, 1.165) is 5.56 Å². The number of benzene rings is 3. The first-order valence-corrected chi connectivity index (χ1v) is 10.3.